The van der Waals surface area contributed by atoms with Crippen LogP contribution < -0.4 is 10.1 Å². The number of carbonyl (C=O) groups excluding carboxylic acids is 1. The maximum absolute atomic E-state index is 13.5. The number of anilines is 1. The normalized spacial score (nSPS) is 20.1. The van der Waals surface area contributed by atoms with Gasteiger partial charge in [0.05, 0.1) is 25.2 Å². The number of methoxy groups -OCH3 is 1. The van der Waals surface area contributed by atoms with Crippen molar-refractivity contribution in [3.05, 3.63) is 24.0 Å². The van der Waals surface area contributed by atoms with Crippen LogP contribution in [0.4, 0.5) is 10.1 Å². The first-order valence-electron chi connectivity index (χ1n) is 6.85. The van der Waals surface area contributed by atoms with Crippen molar-refractivity contribution in [1.82, 2.24) is 4.90 Å². The van der Waals surface area contributed by atoms with Crippen LogP contribution in [0.15, 0.2) is 18.2 Å². The van der Waals surface area contributed by atoms with E-state index < -0.39 is 15.7 Å². The number of nitrogens with zero attached hydrogens (tertiary/aromatic N) is 1. The lowest BCUT2D eigenvalue weighted by molar-refractivity contribution is -0.117. The van der Waals surface area contributed by atoms with Gasteiger partial charge in [-0.2, -0.15) is 0 Å². The van der Waals surface area contributed by atoms with Gasteiger partial charge in [0.1, 0.15) is 0 Å². The number of sulfone groups is 1. The standard InChI is InChI=1S/C14H19FN2O4S/c1-17(11-5-6-22(19,20)9-11)8-14(18)16-10-3-4-13(21-2)12(15)7-10/h3-4,7,11H,5-6,8-9H2,1-2H3,(H,16,18). The fourth-order valence-corrected chi connectivity index (χ4v) is 4.23. The molecule has 0 saturated carbocycles. The third-order valence-corrected chi connectivity index (χ3v) is 5.41. The van der Waals surface area contributed by atoms with Crippen LogP contribution in [-0.2, 0) is 14.6 Å². The summed E-state index contributed by atoms with van der Waals surface area (Å²) in [5.41, 5.74) is 0.329. The van der Waals surface area contributed by atoms with E-state index in [1.54, 1.807) is 18.0 Å². The number of nitrogens with one attached hydrogen (secondary N) is 1. The molecule has 2 rings (SSSR count). The van der Waals surface area contributed by atoms with Gasteiger partial charge >= 0.3 is 0 Å². The quantitative estimate of drug-likeness (QED) is 0.868. The predicted octanol–water partition coefficient (Wildman–Crippen LogP) is 0.892. The van der Waals surface area contributed by atoms with Crippen molar-refractivity contribution in [3.63, 3.8) is 0 Å². The first kappa shape index (κ1) is 16.7. The van der Waals surface area contributed by atoms with E-state index in [9.17, 15) is 17.6 Å². The third-order valence-electron chi connectivity index (χ3n) is 3.66. The van der Waals surface area contributed by atoms with Crippen LogP contribution >= 0.6 is 0 Å². The van der Waals surface area contributed by atoms with E-state index in [0.717, 1.165) is 0 Å². The molecule has 1 aromatic carbocycles. The predicted molar refractivity (Wildman–Crippen MR) is 81.3 cm³/mol. The zero-order valence-electron chi connectivity index (χ0n) is 12.5. The minimum atomic E-state index is -2.99. The molecule has 0 aliphatic carbocycles. The molecule has 0 spiro atoms. The van der Waals surface area contributed by atoms with Crippen molar-refractivity contribution < 1.29 is 22.3 Å². The van der Waals surface area contributed by atoms with E-state index in [0.29, 0.717) is 12.1 Å². The number of hydrogen-bond acceptors (Lipinski definition) is 5. The highest BCUT2D eigenvalue weighted by Gasteiger charge is 2.31. The Morgan fingerprint density at radius 3 is 2.77 bits per heavy atom. The smallest absolute Gasteiger partial charge is 0.238 e. The topological polar surface area (TPSA) is 75.7 Å². The maximum atomic E-state index is 13.5. The van der Waals surface area contributed by atoms with E-state index >= 15 is 0 Å². The van der Waals surface area contributed by atoms with E-state index in [-0.39, 0.29) is 35.7 Å². The summed E-state index contributed by atoms with van der Waals surface area (Å²) in [6.07, 6.45) is 0.531. The molecule has 1 amide bonds. The average molecular weight is 330 g/mol. The summed E-state index contributed by atoms with van der Waals surface area (Å²) in [4.78, 5) is 13.7. The number of benzene rings is 1. The summed E-state index contributed by atoms with van der Waals surface area (Å²) in [7, 11) is 0.0851. The zero-order valence-corrected chi connectivity index (χ0v) is 13.3. The second kappa shape index (κ2) is 6.62. The SMILES string of the molecule is COc1ccc(NC(=O)CN(C)C2CCS(=O)(=O)C2)cc1F. The maximum Gasteiger partial charge on any atom is 0.238 e. The fraction of sp³-hybridized carbons (Fsp3) is 0.500. The molecule has 1 saturated heterocycles. The van der Waals surface area contributed by atoms with Gasteiger partial charge in [-0.1, -0.05) is 0 Å². The summed E-state index contributed by atoms with van der Waals surface area (Å²) >= 11 is 0. The Labute approximate surface area is 129 Å². The summed E-state index contributed by atoms with van der Waals surface area (Å²) in [6, 6.07) is 4.00. The molecule has 6 nitrogen and oxygen atoms in total. The molecule has 1 unspecified atom stereocenters. The Bertz CT molecular complexity index is 663. The third kappa shape index (κ3) is 4.17. The Morgan fingerprint density at radius 2 is 2.23 bits per heavy atom. The van der Waals surface area contributed by atoms with Crippen molar-refractivity contribution in [3.8, 4) is 5.75 Å². The highest BCUT2D eigenvalue weighted by atomic mass is 32.2. The largest absolute Gasteiger partial charge is 0.494 e. The number of hydrogen-bond donors (Lipinski definition) is 1. The first-order valence-corrected chi connectivity index (χ1v) is 8.67. The number of ether oxygens (including phenoxy) is 1. The molecule has 22 heavy (non-hydrogen) atoms. The van der Waals surface area contributed by atoms with Crippen molar-refractivity contribution >= 4 is 21.4 Å². The lowest BCUT2D eigenvalue weighted by Crippen LogP contribution is -2.38. The van der Waals surface area contributed by atoms with Crippen molar-refractivity contribution in [2.75, 3.05) is 37.5 Å². The Kier molecular flexibility index (Phi) is 5.02. The number of halogens is 1. The average Bonchev–Trinajstić information content (AvgIpc) is 2.79. The highest BCUT2D eigenvalue weighted by molar-refractivity contribution is 7.91. The summed E-state index contributed by atoms with van der Waals surface area (Å²) in [5.74, 6) is -0.542. The molecule has 8 heteroatoms. The van der Waals surface area contributed by atoms with Crippen LogP contribution in [-0.4, -0.2) is 57.5 Å². The van der Waals surface area contributed by atoms with E-state index in [1.807, 2.05) is 0 Å². The van der Waals surface area contributed by atoms with E-state index in [4.69, 9.17) is 4.74 Å². The van der Waals surface area contributed by atoms with E-state index in [2.05, 4.69) is 5.32 Å². The molecule has 1 fully saturated rings. The van der Waals surface area contributed by atoms with Crippen LogP contribution in [0.1, 0.15) is 6.42 Å². The summed E-state index contributed by atoms with van der Waals surface area (Å²) < 4.78 is 41.2. The van der Waals surface area contributed by atoms with Crippen LogP contribution in [0.25, 0.3) is 0 Å². The zero-order chi connectivity index (χ0) is 16.3. The van der Waals surface area contributed by atoms with Gasteiger partial charge in [-0.15, -0.1) is 0 Å². The molecular weight excluding hydrogens is 311 g/mol. The van der Waals surface area contributed by atoms with Crippen molar-refractivity contribution in [2.24, 2.45) is 0 Å². The number of amides is 1. The van der Waals surface area contributed by atoms with Gasteiger partial charge in [0.25, 0.3) is 0 Å². The second-order valence-corrected chi connectivity index (χ2v) is 7.60. The number of carbonyl (C=O) groups is 1. The van der Waals surface area contributed by atoms with Gasteiger partial charge in [-0.3, -0.25) is 9.69 Å². The van der Waals surface area contributed by atoms with Crippen molar-refractivity contribution in [1.29, 1.82) is 0 Å². The van der Waals surface area contributed by atoms with Crippen molar-refractivity contribution in [2.45, 2.75) is 12.5 Å². The van der Waals surface area contributed by atoms with Crippen LogP contribution in [0.3, 0.4) is 0 Å². The van der Waals surface area contributed by atoms with Crippen LogP contribution in [0.5, 0.6) is 5.75 Å². The molecule has 1 aliphatic heterocycles. The minimum Gasteiger partial charge on any atom is -0.494 e. The molecule has 122 valence electrons. The van der Waals surface area contributed by atoms with Crippen LogP contribution in [0.2, 0.25) is 0 Å². The molecule has 0 radical (unpaired) electrons. The minimum absolute atomic E-state index is 0.0494. The molecule has 1 aliphatic rings. The monoisotopic (exact) mass is 330 g/mol. The van der Waals surface area contributed by atoms with Gasteiger partial charge in [0, 0.05) is 17.8 Å². The Morgan fingerprint density at radius 1 is 1.50 bits per heavy atom. The van der Waals surface area contributed by atoms with Crippen LogP contribution in [0, 0.1) is 5.82 Å². The Balaban J connectivity index is 1.91. The van der Waals surface area contributed by atoms with Gasteiger partial charge < -0.3 is 10.1 Å². The molecule has 1 N–H and O–H groups in total. The fourth-order valence-electron chi connectivity index (χ4n) is 2.42. The first-order chi connectivity index (χ1) is 10.3. The van der Waals surface area contributed by atoms with Gasteiger partial charge in [-0.25, -0.2) is 12.8 Å². The summed E-state index contributed by atoms with van der Waals surface area (Å²) in [5, 5.41) is 2.58. The lowest BCUT2D eigenvalue weighted by Gasteiger charge is -2.22. The molecule has 0 bridgehead atoms. The number of rotatable bonds is 5. The second-order valence-electron chi connectivity index (χ2n) is 5.37. The lowest BCUT2D eigenvalue weighted by atomic mass is 10.2. The highest BCUT2D eigenvalue weighted by Crippen LogP contribution is 2.21. The number of likely N-dealkylation sites (N-methyl/N-ethyl adjacent to an activating group) is 1. The molecule has 1 atom stereocenters. The molecule has 1 aromatic rings. The molecule has 1 heterocycles. The summed E-state index contributed by atoms with van der Waals surface area (Å²) in [6.45, 7) is 0.0494. The molecular formula is C14H19FN2O4S. The van der Waals surface area contributed by atoms with Gasteiger partial charge in [0.2, 0.25) is 5.91 Å². The Hall–Kier alpha value is -1.67. The molecule has 0 aromatic heterocycles. The van der Waals surface area contributed by atoms with Gasteiger partial charge in [0.15, 0.2) is 21.4 Å². The van der Waals surface area contributed by atoms with E-state index in [1.165, 1.54) is 19.2 Å². The van der Waals surface area contributed by atoms with Gasteiger partial charge in [-0.05, 0) is 25.6 Å².